The van der Waals surface area contributed by atoms with E-state index in [0.29, 0.717) is 11.3 Å². The van der Waals surface area contributed by atoms with Crippen LogP contribution in [0.1, 0.15) is 10.4 Å². The molecule has 0 aliphatic heterocycles. The Morgan fingerprint density at radius 1 is 1.23 bits per heavy atom. The molecule has 0 bridgehead atoms. The van der Waals surface area contributed by atoms with E-state index in [1.54, 1.807) is 24.3 Å². The topological polar surface area (TPSA) is 45.0 Å². The predicted octanol–water partition coefficient (Wildman–Crippen LogP) is 1.54. The zero-order valence-electron chi connectivity index (χ0n) is 7.05. The molecule has 4 heteroatoms. The van der Waals surface area contributed by atoms with Crippen LogP contribution in [-0.4, -0.2) is 19.7 Å². The molecule has 0 saturated heterocycles. The molecule has 0 fully saturated rings. The predicted molar refractivity (Wildman–Crippen MR) is 53.4 cm³/mol. The lowest BCUT2D eigenvalue weighted by molar-refractivity contribution is 0.112. The van der Waals surface area contributed by atoms with Crippen LogP contribution in [0, 0.1) is 0 Å². The summed E-state index contributed by atoms with van der Waals surface area (Å²) in [6.45, 7) is 6.62. The third-order valence-corrected chi connectivity index (χ3v) is 1.55. The Morgan fingerprint density at radius 2 is 1.85 bits per heavy atom. The maximum absolute atomic E-state index is 10.6. The van der Waals surface area contributed by atoms with Gasteiger partial charge in [-0.1, -0.05) is 12.1 Å². The highest BCUT2D eigenvalue weighted by Gasteiger charge is 2.05. The van der Waals surface area contributed by atoms with Gasteiger partial charge in [-0.25, -0.2) is 0 Å². The van der Waals surface area contributed by atoms with E-state index in [-0.39, 0.29) is 0 Å². The fourth-order valence-electron chi connectivity index (χ4n) is 0.966. The normalized spacial score (nSPS) is 8.92. The lowest BCUT2D eigenvalue weighted by Gasteiger charge is -2.12. The summed E-state index contributed by atoms with van der Waals surface area (Å²) in [6, 6.07) is 6.93. The monoisotopic (exact) mass is 175 g/mol. The first kappa shape index (κ1) is 9.12. The van der Waals surface area contributed by atoms with Gasteiger partial charge in [-0.05, 0) is 12.1 Å². The van der Waals surface area contributed by atoms with Gasteiger partial charge < -0.3 is 0 Å². The van der Waals surface area contributed by atoms with Crippen molar-refractivity contribution in [2.24, 2.45) is 10.2 Å². The van der Waals surface area contributed by atoms with Crippen LogP contribution in [0.4, 0.5) is 5.69 Å². The number of rotatable bonds is 4. The molecule has 0 atom stereocenters. The number of aldehydes is 1. The van der Waals surface area contributed by atoms with Crippen LogP contribution in [0.15, 0.2) is 34.5 Å². The first-order valence-electron chi connectivity index (χ1n) is 3.61. The molecule has 0 N–H and O–H groups in total. The lowest BCUT2D eigenvalue weighted by Crippen LogP contribution is -2.08. The van der Waals surface area contributed by atoms with Crippen molar-refractivity contribution in [1.29, 1.82) is 0 Å². The van der Waals surface area contributed by atoms with E-state index < -0.39 is 0 Å². The van der Waals surface area contributed by atoms with Gasteiger partial charge in [0.1, 0.15) is 0 Å². The Balaban J connectivity index is 3.17. The van der Waals surface area contributed by atoms with Crippen molar-refractivity contribution in [2.45, 2.75) is 0 Å². The first-order chi connectivity index (χ1) is 6.33. The number of carbonyl (C=O) groups excluding carboxylic acids is 1. The molecule has 0 heterocycles. The molecule has 0 aliphatic carbocycles. The molecule has 1 aromatic carbocycles. The lowest BCUT2D eigenvalue weighted by atomic mass is 10.2. The molecule has 1 aromatic rings. The third kappa shape index (κ3) is 1.79. The second-order valence-electron chi connectivity index (χ2n) is 2.25. The summed E-state index contributed by atoms with van der Waals surface area (Å²) in [5.41, 5.74) is 1.07. The number of nitrogens with zero attached hydrogens (tertiary/aromatic N) is 3. The highest BCUT2D eigenvalue weighted by atomic mass is 16.1. The number of benzene rings is 1. The molecule has 66 valence electrons. The number of hydrogen-bond acceptors (Lipinski definition) is 4. The van der Waals surface area contributed by atoms with Crippen LogP contribution in [0.5, 0.6) is 0 Å². The van der Waals surface area contributed by atoms with Gasteiger partial charge in [0.05, 0.1) is 5.69 Å². The summed E-state index contributed by atoms with van der Waals surface area (Å²) < 4.78 is 0. The average Bonchev–Trinajstić information content (AvgIpc) is 2.20. The van der Waals surface area contributed by atoms with E-state index in [1.165, 1.54) is 5.12 Å². The zero-order valence-corrected chi connectivity index (χ0v) is 7.05. The van der Waals surface area contributed by atoms with Crippen LogP contribution in [0.25, 0.3) is 0 Å². The minimum absolute atomic E-state index is 0.502. The van der Waals surface area contributed by atoms with Crippen molar-refractivity contribution in [3.63, 3.8) is 0 Å². The van der Waals surface area contributed by atoms with Crippen molar-refractivity contribution in [3.8, 4) is 0 Å². The summed E-state index contributed by atoms with van der Waals surface area (Å²) in [4.78, 5) is 10.6. The number of carbonyl (C=O) groups is 1. The van der Waals surface area contributed by atoms with Gasteiger partial charge in [0, 0.05) is 19.0 Å². The SMILES string of the molecule is C=NN(N=C)c1ccccc1C=O. The van der Waals surface area contributed by atoms with Gasteiger partial charge in [0.25, 0.3) is 0 Å². The van der Waals surface area contributed by atoms with Crippen molar-refractivity contribution in [3.05, 3.63) is 29.8 Å². The van der Waals surface area contributed by atoms with Crippen LogP contribution >= 0.6 is 0 Å². The summed E-state index contributed by atoms with van der Waals surface area (Å²) >= 11 is 0. The van der Waals surface area contributed by atoms with E-state index in [4.69, 9.17) is 0 Å². The highest BCUT2D eigenvalue weighted by Crippen LogP contribution is 2.18. The molecule has 1 rings (SSSR count). The molecule has 4 nitrogen and oxygen atoms in total. The van der Waals surface area contributed by atoms with E-state index in [9.17, 15) is 4.79 Å². The molecule has 0 aliphatic rings. The van der Waals surface area contributed by atoms with Gasteiger partial charge in [0.15, 0.2) is 6.29 Å². The van der Waals surface area contributed by atoms with Gasteiger partial charge >= 0.3 is 0 Å². The maximum Gasteiger partial charge on any atom is 0.152 e. The Hall–Kier alpha value is -1.97. The maximum atomic E-state index is 10.6. The molecule has 0 aromatic heterocycles. The molecule has 0 saturated carbocycles. The summed E-state index contributed by atoms with van der Waals surface area (Å²) in [7, 11) is 0. The Labute approximate surface area is 76.2 Å². The Kier molecular flexibility index (Phi) is 2.92. The van der Waals surface area contributed by atoms with Crippen LogP contribution in [0.2, 0.25) is 0 Å². The van der Waals surface area contributed by atoms with Crippen LogP contribution in [-0.2, 0) is 0 Å². The quantitative estimate of drug-likeness (QED) is 0.396. The fraction of sp³-hybridized carbons (Fsp3) is 0. The fourth-order valence-corrected chi connectivity index (χ4v) is 0.966. The Bertz CT molecular complexity index is 327. The first-order valence-corrected chi connectivity index (χ1v) is 3.61. The average molecular weight is 175 g/mol. The van der Waals surface area contributed by atoms with E-state index >= 15 is 0 Å². The summed E-state index contributed by atoms with van der Waals surface area (Å²) in [5, 5.41) is 8.36. The van der Waals surface area contributed by atoms with Crippen molar-refractivity contribution in [1.82, 2.24) is 0 Å². The summed E-state index contributed by atoms with van der Waals surface area (Å²) in [6.07, 6.45) is 0.735. The third-order valence-electron chi connectivity index (χ3n) is 1.55. The minimum Gasteiger partial charge on any atom is -0.298 e. The molecule has 0 unspecified atom stereocenters. The standard InChI is InChI=1S/C9H9N3O/c1-10-12(11-2)9-6-4-3-5-8(9)7-13/h3-7H,1-2H2. The number of para-hydroxylation sites is 1. The van der Waals surface area contributed by atoms with Crippen molar-refractivity contribution in [2.75, 3.05) is 5.12 Å². The van der Waals surface area contributed by atoms with Crippen LogP contribution in [0.3, 0.4) is 0 Å². The van der Waals surface area contributed by atoms with Gasteiger partial charge in [-0.15, -0.1) is 0 Å². The molecular formula is C9H9N3O. The van der Waals surface area contributed by atoms with Crippen molar-refractivity contribution < 1.29 is 4.79 Å². The second-order valence-corrected chi connectivity index (χ2v) is 2.25. The number of hydrogen-bond donors (Lipinski definition) is 0. The van der Waals surface area contributed by atoms with E-state index in [1.807, 2.05) is 0 Å². The molecule has 0 spiro atoms. The second kappa shape index (κ2) is 4.15. The minimum atomic E-state index is 0.502. The zero-order chi connectivity index (χ0) is 9.68. The molecular weight excluding hydrogens is 166 g/mol. The largest absolute Gasteiger partial charge is 0.298 e. The molecule has 0 amide bonds. The van der Waals surface area contributed by atoms with E-state index in [0.717, 1.165) is 6.29 Å². The smallest absolute Gasteiger partial charge is 0.152 e. The van der Waals surface area contributed by atoms with E-state index in [2.05, 4.69) is 23.6 Å². The number of hydrazone groups is 2. The Morgan fingerprint density at radius 3 is 2.38 bits per heavy atom. The number of anilines is 1. The van der Waals surface area contributed by atoms with Gasteiger partial charge in [-0.3, -0.25) is 4.79 Å². The highest BCUT2D eigenvalue weighted by molar-refractivity contribution is 5.84. The van der Waals surface area contributed by atoms with Crippen LogP contribution < -0.4 is 5.12 Å². The van der Waals surface area contributed by atoms with Crippen molar-refractivity contribution >= 4 is 25.4 Å². The van der Waals surface area contributed by atoms with Gasteiger partial charge in [0.2, 0.25) is 0 Å². The molecule has 13 heavy (non-hydrogen) atoms. The molecule has 0 radical (unpaired) electrons. The summed E-state index contributed by atoms with van der Waals surface area (Å²) in [5.74, 6) is 0. The van der Waals surface area contributed by atoms with Gasteiger partial charge in [-0.2, -0.15) is 15.3 Å².